The molecular weight excluding hydrogens is 428 g/mol. The minimum atomic E-state index is -0.293. The van der Waals surface area contributed by atoms with Crippen molar-refractivity contribution in [2.75, 3.05) is 13.2 Å². The lowest BCUT2D eigenvalue weighted by Gasteiger charge is -2.25. The quantitative estimate of drug-likeness (QED) is 0.488. The number of ether oxygens (including phenoxy) is 2. The molecule has 2 amide bonds. The molecule has 0 bridgehead atoms. The SMILES string of the molecule is O=C1OC[C@@H](Cc2ccccc2)N1Cc1ccccc1CN1C(=O)OC[C@H]1Cc1ccccc1. The Hall–Kier alpha value is -3.80. The summed E-state index contributed by atoms with van der Waals surface area (Å²) in [4.78, 5) is 28.7. The predicted octanol–water partition coefficient (Wildman–Crippen LogP) is 4.81. The van der Waals surface area contributed by atoms with Gasteiger partial charge in [-0.2, -0.15) is 0 Å². The lowest BCUT2D eigenvalue weighted by Crippen LogP contribution is -2.36. The van der Waals surface area contributed by atoms with Crippen molar-refractivity contribution in [1.29, 1.82) is 0 Å². The van der Waals surface area contributed by atoms with E-state index in [0.717, 1.165) is 24.0 Å². The molecule has 0 radical (unpaired) electrons. The smallest absolute Gasteiger partial charge is 0.410 e. The third-order valence-electron chi connectivity index (χ3n) is 6.58. The third-order valence-corrected chi connectivity index (χ3v) is 6.58. The molecule has 3 aromatic rings. The molecule has 3 aromatic carbocycles. The van der Waals surface area contributed by atoms with E-state index >= 15 is 0 Å². The van der Waals surface area contributed by atoms with Gasteiger partial charge < -0.3 is 9.47 Å². The van der Waals surface area contributed by atoms with E-state index in [9.17, 15) is 9.59 Å². The van der Waals surface area contributed by atoms with E-state index in [4.69, 9.17) is 9.47 Å². The molecule has 0 unspecified atom stereocenters. The van der Waals surface area contributed by atoms with Crippen LogP contribution in [-0.2, 0) is 35.4 Å². The van der Waals surface area contributed by atoms with Gasteiger partial charge in [0.15, 0.2) is 0 Å². The number of hydrogen-bond donors (Lipinski definition) is 0. The number of rotatable bonds is 8. The molecule has 6 nitrogen and oxygen atoms in total. The standard InChI is InChI=1S/C28H28N2O4/c31-27-29(25(19-33-27)15-21-9-3-1-4-10-21)17-23-13-7-8-14-24(23)18-30-26(20-34-28(30)32)16-22-11-5-2-6-12-22/h1-14,25-26H,15-20H2/t25-,26-/m1/s1. The molecule has 5 rings (SSSR count). The molecule has 0 spiro atoms. The van der Waals surface area contributed by atoms with Crippen LogP contribution in [0.5, 0.6) is 0 Å². The molecular formula is C28H28N2O4. The Morgan fingerprint density at radius 1 is 0.588 bits per heavy atom. The molecule has 2 heterocycles. The largest absolute Gasteiger partial charge is 0.447 e. The van der Waals surface area contributed by atoms with Gasteiger partial charge in [0.25, 0.3) is 0 Å². The van der Waals surface area contributed by atoms with Crippen molar-refractivity contribution in [3.8, 4) is 0 Å². The van der Waals surface area contributed by atoms with E-state index in [-0.39, 0.29) is 24.3 Å². The van der Waals surface area contributed by atoms with Crippen LogP contribution in [0, 0.1) is 0 Å². The van der Waals surface area contributed by atoms with Gasteiger partial charge in [-0.25, -0.2) is 9.59 Å². The van der Waals surface area contributed by atoms with Crippen molar-refractivity contribution in [2.45, 2.75) is 38.0 Å². The van der Waals surface area contributed by atoms with Crippen LogP contribution in [-0.4, -0.2) is 47.3 Å². The molecule has 6 heteroatoms. The third kappa shape index (κ3) is 4.91. The summed E-state index contributed by atoms with van der Waals surface area (Å²) in [6, 6.07) is 28.2. The highest BCUT2D eigenvalue weighted by molar-refractivity contribution is 5.71. The summed E-state index contributed by atoms with van der Waals surface area (Å²) in [5.74, 6) is 0. The molecule has 2 aliphatic rings. The van der Waals surface area contributed by atoms with E-state index in [0.29, 0.717) is 26.3 Å². The Bertz CT molecular complexity index is 1040. The number of carbonyl (C=O) groups excluding carboxylic acids is 2. The highest BCUT2D eigenvalue weighted by Gasteiger charge is 2.35. The monoisotopic (exact) mass is 456 g/mol. The topological polar surface area (TPSA) is 59.1 Å². The van der Waals surface area contributed by atoms with Gasteiger partial charge in [-0.15, -0.1) is 0 Å². The van der Waals surface area contributed by atoms with Crippen LogP contribution in [0.1, 0.15) is 22.3 Å². The maximum absolute atomic E-state index is 12.6. The van der Waals surface area contributed by atoms with E-state index in [2.05, 4.69) is 24.3 Å². The first-order valence-corrected chi connectivity index (χ1v) is 11.7. The normalized spacial score (nSPS) is 19.9. The second-order valence-corrected chi connectivity index (χ2v) is 8.87. The maximum Gasteiger partial charge on any atom is 0.410 e. The first-order chi connectivity index (χ1) is 16.7. The Morgan fingerprint density at radius 3 is 1.38 bits per heavy atom. The number of carbonyl (C=O) groups is 2. The predicted molar refractivity (Wildman–Crippen MR) is 128 cm³/mol. The molecule has 0 aromatic heterocycles. The Balaban J connectivity index is 1.32. The van der Waals surface area contributed by atoms with Crippen molar-refractivity contribution >= 4 is 12.2 Å². The van der Waals surface area contributed by atoms with Crippen LogP contribution < -0.4 is 0 Å². The summed E-state index contributed by atoms with van der Waals surface area (Å²) in [6.45, 7) is 1.65. The maximum atomic E-state index is 12.6. The summed E-state index contributed by atoms with van der Waals surface area (Å²) < 4.78 is 10.8. The Morgan fingerprint density at radius 2 is 0.971 bits per heavy atom. The van der Waals surface area contributed by atoms with E-state index < -0.39 is 0 Å². The molecule has 174 valence electrons. The first kappa shape index (κ1) is 22.0. The van der Waals surface area contributed by atoms with Gasteiger partial charge in [0.1, 0.15) is 13.2 Å². The zero-order chi connectivity index (χ0) is 23.3. The number of benzene rings is 3. The lowest BCUT2D eigenvalue weighted by atomic mass is 10.0. The number of nitrogens with zero attached hydrogens (tertiary/aromatic N) is 2. The second-order valence-electron chi connectivity index (χ2n) is 8.87. The molecule has 34 heavy (non-hydrogen) atoms. The molecule has 0 aliphatic carbocycles. The van der Waals surface area contributed by atoms with Crippen LogP contribution in [0.2, 0.25) is 0 Å². The van der Waals surface area contributed by atoms with Gasteiger partial charge >= 0.3 is 12.2 Å². The Kier molecular flexibility index (Phi) is 6.47. The van der Waals surface area contributed by atoms with Crippen molar-refractivity contribution < 1.29 is 19.1 Å². The van der Waals surface area contributed by atoms with E-state index in [1.54, 1.807) is 9.80 Å². The molecule has 0 saturated carbocycles. The minimum absolute atomic E-state index is 0.0227. The van der Waals surface area contributed by atoms with Gasteiger partial charge in [-0.3, -0.25) is 9.80 Å². The fraction of sp³-hybridized carbons (Fsp3) is 0.286. The van der Waals surface area contributed by atoms with Crippen molar-refractivity contribution in [3.63, 3.8) is 0 Å². The van der Waals surface area contributed by atoms with Crippen molar-refractivity contribution in [2.24, 2.45) is 0 Å². The molecule has 0 N–H and O–H groups in total. The average Bonchev–Trinajstić information content (AvgIpc) is 3.38. The van der Waals surface area contributed by atoms with Gasteiger partial charge in [-0.05, 0) is 35.1 Å². The highest BCUT2D eigenvalue weighted by Crippen LogP contribution is 2.25. The summed E-state index contributed by atoms with van der Waals surface area (Å²) in [7, 11) is 0. The molecule has 2 aliphatic heterocycles. The van der Waals surface area contributed by atoms with Gasteiger partial charge in [0.2, 0.25) is 0 Å². The molecule has 2 saturated heterocycles. The van der Waals surface area contributed by atoms with Crippen molar-refractivity contribution in [3.05, 3.63) is 107 Å². The number of cyclic esters (lactones) is 2. The summed E-state index contributed by atoms with van der Waals surface area (Å²) in [5, 5.41) is 0. The number of hydrogen-bond acceptors (Lipinski definition) is 4. The zero-order valence-electron chi connectivity index (χ0n) is 19.0. The lowest BCUT2D eigenvalue weighted by molar-refractivity contribution is 0.153. The summed E-state index contributed by atoms with van der Waals surface area (Å²) in [5.41, 5.74) is 4.37. The molecule has 2 fully saturated rings. The van der Waals surface area contributed by atoms with E-state index in [1.165, 1.54) is 11.1 Å². The average molecular weight is 457 g/mol. The van der Waals surface area contributed by atoms with Crippen LogP contribution >= 0.6 is 0 Å². The Labute approximate surface area is 199 Å². The molecule has 2 atom stereocenters. The summed E-state index contributed by atoms with van der Waals surface area (Å²) >= 11 is 0. The van der Waals surface area contributed by atoms with Crippen LogP contribution in [0.3, 0.4) is 0 Å². The first-order valence-electron chi connectivity index (χ1n) is 11.7. The number of amides is 2. The fourth-order valence-electron chi connectivity index (χ4n) is 4.71. The van der Waals surface area contributed by atoms with Gasteiger partial charge in [-0.1, -0.05) is 84.9 Å². The van der Waals surface area contributed by atoms with Crippen LogP contribution in [0.15, 0.2) is 84.9 Å². The highest BCUT2D eigenvalue weighted by atomic mass is 16.6. The second kappa shape index (κ2) is 10.00. The summed E-state index contributed by atoms with van der Waals surface area (Å²) in [6.07, 6.45) is 0.898. The zero-order valence-corrected chi connectivity index (χ0v) is 19.0. The van der Waals surface area contributed by atoms with Gasteiger partial charge in [0.05, 0.1) is 12.1 Å². The van der Waals surface area contributed by atoms with E-state index in [1.807, 2.05) is 60.7 Å². The van der Waals surface area contributed by atoms with Crippen molar-refractivity contribution in [1.82, 2.24) is 9.80 Å². The van der Waals surface area contributed by atoms with Crippen LogP contribution in [0.25, 0.3) is 0 Å². The van der Waals surface area contributed by atoms with Crippen LogP contribution in [0.4, 0.5) is 9.59 Å². The fourth-order valence-corrected chi connectivity index (χ4v) is 4.71. The minimum Gasteiger partial charge on any atom is -0.447 e. The van der Waals surface area contributed by atoms with Gasteiger partial charge in [0, 0.05) is 13.1 Å².